The van der Waals surface area contributed by atoms with Crippen molar-refractivity contribution in [2.24, 2.45) is 0 Å². The van der Waals surface area contributed by atoms with Crippen molar-refractivity contribution in [1.29, 1.82) is 5.26 Å². The van der Waals surface area contributed by atoms with Gasteiger partial charge in [0.2, 0.25) is 0 Å². The van der Waals surface area contributed by atoms with Crippen molar-refractivity contribution >= 4 is 17.5 Å². The number of benzene rings is 1. The van der Waals surface area contributed by atoms with Crippen LogP contribution < -0.4 is 20.1 Å². The van der Waals surface area contributed by atoms with Gasteiger partial charge in [0.05, 0.1) is 26.0 Å². The molecule has 0 fully saturated rings. The highest BCUT2D eigenvalue weighted by atomic mass is 16.5. The van der Waals surface area contributed by atoms with Crippen LogP contribution in [-0.4, -0.2) is 32.6 Å². The van der Waals surface area contributed by atoms with Crippen LogP contribution in [-0.2, 0) is 9.59 Å². The molecule has 2 amide bonds. The third kappa shape index (κ3) is 3.89. The van der Waals surface area contributed by atoms with E-state index in [2.05, 4.69) is 10.6 Å². The fourth-order valence-electron chi connectivity index (χ4n) is 1.28. The van der Waals surface area contributed by atoms with Crippen LogP contribution >= 0.6 is 0 Å². The zero-order valence-electron chi connectivity index (χ0n) is 10.5. The molecule has 7 nitrogen and oxygen atoms in total. The molecule has 2 N–H and O–H groups in total. The number of carbonyl (C=O) groups is 2. The van der Waals surface area contributed by atoms with E-state index in [1.807, 2.05) is 0 Å². The van der Waals surface area contributed by atoms with E-state index in [0.717, 1.165) is 0 Å². The predicted molar refractivity (Wildman–Crippen MR) is 66.8 cm³/mol. The van der Waals surface area contributed by atoms with Crippen molar-refractivity contribution in [3.05, 3.63) is 18.2 Å². The topological polar surface area (TPSA) is 100 Å². The molecule has 100 valence electrons. The Labute approximate surface area is 110 Å². The largest absolute Gasteiger partial charge is 0.497 e. The van der Waals surface area contributed by atoms with Gasteiger partial charge in [0, 0.05) is 6.07 Å². The molecule has 0 heterocycles. The third-order valence-electron chi connectivity index (χ3n) is 2.19. The van der Waals surface area contributed by atoms with E-state index in [0.29, 0.717) is 17.2 Å². The van der Waals surface area contributed by atoms with Crippen molar-refractivity contribution in [1.82, 2.24) is 5.32 Å². The second-order valence-electron chi connectivity index (χ2n) is 3.36. The highest BCUT2D eigenvalue weighted by Gasteiger charge is 2.15. The number of hydrogen-bond donors (Lipinski definition) is 2. The minimum atomic E-state index is -0.889. The standard InChI is InChI=1S/C12H13N3O4/c1-18-8-3-4-9(10(7-8)19-2)15-12(17)11(16)14-6-5-13/h3-4,7H,6H2,1-2H3,(H,14,16)(H,15,17). The molecule has 19 heavy (non-hydrogen) atoms. The monoisotopic (exact) mass is 263 g/mol. The Balaban J connectivity index is 2.79. The number of rotatable bonds is 4. The molecule has 0 aliphatic carbocycles. The van der Waals surface area contributed by atoms with Gasteiger partial charge in [-0.05, 0) is 12.1 Å². The predicted octanol–water partition coefficient (Wildman–Crippen LogP) is 0.282. The van der Waals surface area contributed by atoms with Crippen molar-refractivity contribution < 1.29 is 19.1 Å². The minimum absolute atomic E-state index is 0.230. The highest BCUT2D eigenvalue weighted by molar-refractivity contribution is 6.39. The van der Waals surface area contributed by atoms with Gasteiger partial charge in [-0.15, -0.1) is 0 Å². The molecular formula is C12H13N3O4. The molecule has 1 aromatic carbocycles. The Morgan fingerprint density at radius 1 is 1.26 bits per heavy atom. The third-order valence-corrected chi connectivity index (χ3v) is 2.19. The molecule has 0 unspecified atom stereocenters. The number of amides is 2. The Hall–Kier alpha value is -2.75. The molecule has 0 aliphatic rings. The number of methoxy groups -OCH3 is 2. The number of nitrogens with zero attached hydrogens (tertiary/aromatic N) is 1. The summed E-state index contributed by atoms with van der Waals surface area (Å²) in [6, 6.07) is 6.44. The summed E-state index contributed by atoms with van der Waals surface area (Å²) in [6.07, 6.45) is 0. The Morgan fingerprint density at radius 2 is 2.00 bits per heavy atom. The number of hydrogen-bond acceptors (Lipinski definition) is 5. The Bertz CT molecular complexity index is 522. The van der Waals surface area contributed by atoms with Gasteiger partial charge in [0.1, 0.15) is 18.0 Å². The van der Waals surface area contributed by atoms with E-state index < -0.39 is 11.8 Å². The first-order chi connectivity index (χ1) is 9.12. The number of nitriles is 1. The SMILES string of the molecule is COc1ccc(NC(=O)C(=O)NCC#N)c(OC)c1. The van der Waals surface area contributed by atoms with Crippen LogP contribution in [0.5, 0.6) is 11.5 Å². The normalized spacial score (nSPS) is 9.11. The maximum atomic E-state index is 11.5. The second kappa shape index (κ2) is 6.86. The molecular weight excluding hydrogens is 250 g/mol. The highest BCUT2D eigenvalue weighted by Crippen LogP contribution is 2.28. The summed E-state index contributed by atoms with van der Waals surface area (Å²) < 4.78 is 10.1. The van der Waals surface area contributed by atoms with Crippen molar-refractivity contribution in [3.63, 3.8) is 0 Å². The molecule has 0 aliphatic heterocycles. The average molecular weight is 263 g/mol. The number of carbonyl (C=O) groups excluding carboxylic acids is 2. The van der Waals surface area contributed by atoms with E-state index in [4.69, 9.17) is 14.7 Å². The van der Waals surface area contributed by atoms with Crippen LogP contribution in [0, 0.1) is 11.3 Å². The summed E-state index contributed by atoms with van der Waals surface area (Å²) in [5.41, 5.74) is 0.334. The van der Waals surface area contributed by atoms with Crippen LogP contribution in [0.1, 0.15) is 0 Å². The molecule has 0 saturated carbocycles. The smallest absolute Gasteiger partial charge is 0.313 e. The number of nitrogens with one attached hydrogen (secondary N) is 2. The lowest BCUT2D eigenvalue weighted by molar-refractivity contribution is -0.136. The quantitative estimate of drug-likeness (QED) is 0.600. The summed E-state index contributed by atoms with van der Waals surface area (Å²) in [5.74, 6) is -0.845. The van der Waals surface area contributed by atoms with Crippen LogP contribution in [0.3, 0.4) is 0 Å². The Kier molecular flexibility index (Phi) is 5.17. The van der Waals surface area contributed by atoms with Crippen LogP contribution in [0.25, 0.3) is 0 Å². The summed E-state index contributed by atoms with van der Waals surface area (Å²) >= 11 is 0. The van der Waals surface area contributed by atoms with Crippen LogP contribution in [0.4, 0.5) is 5.69 Å². The lowest BCUT2D eigenvalue weighted by Gasteiger charge is -2.11. The van der Waals surface area contributed by atoms with Crippen molar-refractivity contribution in [2.45, 2.75) is 0 Å². The maximum Gasteiger partial charge on any atom is 0.313 e. The van der Waals surface area contributed by atoms with E-state index in [1.54, 1.807) is 24.3 Å². The molecule has 0 spiro atoms. The molecule has 1 aromatic rings. The first-order valence-electron chi connectivity index (χ1n) is 5.30. The van der Waals surface area contributed by atoms with Gasteiger partial charge in [-0.2, -0.15) is 5.26 Å². The van der Waals surface area contributed by atoms with Gasteiger partial charge in [-0.3, -0.25) is 9.59 Å². The maximum absolute atomic E-state index is 11.5. The molecule has 0 aromatic heterocycles. The van der Waals surface area contributed by atoms with E-state index in [1.165, 1.54) is 14.2 Å². The van der Waals surface area contributed by atoms with E-state index in [9.17, 15) is 9.59 Å². The molecule has 1 rings (SSSR count). The fraction of sp³-hybridized carbons (Fsp3) is 0.250. The summed E-state index contributed by atoms with van der Waals surface area (Å²) in [6.45, 7) is -0.230. The van der Waals surface area contributed by atoms with Gasteiger partial charge in [-0.25, -0.2) is 0 Å². The van der Waals surface area contributed by atoms with Gasteiger partial charge in [-0.1, -0.05) is 0 Å². The summed E-state index contributed by atoms with van der Waals surface area (Å²) in [5, 5.41) is 12.8. The molecule has 0 radical (unpaired) electrons. The molecule has 0 atom stereocenters. The first kappa shape index (κ1) is 14.3. The van der Waals surface area contributed by atoms with Crippen molar-refractivity contribution in [2.75, 3.05) is 26.1 Å². The van der Waals surface area contributed by atoms with Gasteiger partial charge in [0.25, 0.3) is 0 Å². The zero-order chi connectivity index (χ0) is 14.3. The summed E-state index contributed by atoms with van der Waals surface area (Å²) in [4.78, 5) is 22.8. The lowest BCUT2D eigenvalue weighted by Crippen LogP contribution is -2.35. The number of ether oxygens (including phenoxy) is 2. The second-order valence-corrected chi connectivity index (χ2v) is 3.36. The van der Waals surface area contributed by atoms with Crippen molar-refractivity contribution in [3.8, 4) is 17.6 Å². The molecule has 7 heteroatoms. The minimum Gasteiger partial charge on any atom is -0.497 e. The summed E-state index contributed by atoms with van der Waals surface area (Å²) in [7, 11) is 2.93. The van der Waals surface area contributed by atoms with Crippen LogP contribution in [0.15, 0.2) is 18.2 Å². The fourth-order valence-corrected chi connectivity index (χ4v) is 1.28. The Morgan fingerprint density at radius 3 is 2.58 bits per heavy atom. The first-order valence-corrected chi connectivity index (χ1v) is 5.30. The van der Waals surface area contributed by atoms with Gasteiger partial charge < -0.3 is 20.1 Å². The van der Waals surface area contributed by atoms with Gasteiger partial charge >= 0.3 is 11.8 Å². The van der Waals surface area contributed by atoms with E-state index >= 15 is 0 Å². The van der Waals surface area contributed by atoms with E-state index in [-0.39, 0.29) is 6.54 Å². The molecule has 0 saturated heterocycles. The molecule has 0 bridgehead atoms. The zero-order valence-corrected chi connectivity index (χ0v) is 10.5. The lowest BCUT2D eigenvalue weighted by atomic mass is 10.2. The van der Waals surface area contributed by atoms with Gasteiger partial charge in [0.15, 0.2) is 0 Å². The number of anilines is 1. The van der Waals surface area contributed by atoms with Crippen LogP contribution in [0.2, 0.25) is 0 Å². The average Bonchev–Trinajstić information content (AvgIpc) is 2.44.